The van der Waals surface area contributed by atoms with Crippen molar-refractivity contribution >= 4 is 46.0 Å². The van der Waals surface area contributed by atoms with Crippen LogP contribution in [0.25, 0.3) is 6.08 Å². The summed E-state index contributed by atoms with van der Waals surface area (Å²) < 4.78 is 22.2. The van der Waals surface area contributed by atoms with Crippen LogP contribution in [0.4, 0.5) is 5.69 Å². The number of rotatable bonds is 7. The van der Waals surface area contributed by atoms with Gasteiger partial charge in [-0.1, -0.05) is 36.1 Å². The van der Waals surface area contributed by atoms with Crippen molar-refractivity contribution in [3.8, 4) is 23.0 Å². The molecule has 1 amide bonds. The Morgan fingerprint density at radius 2 is 1.69 bits per heavy atom. The first kappa shape index (κ1) is 21.0. The molecule has 1 aliphatic heterocycles. The molecular formula is C21H21NO5S2. The summed E-state index contributed by atoms with van der Waals surface area (Å²) >= 11 is 6.71. The largest absolute Gasteiger partial charge is 0.493 e. The van der Waals surface area contributed by atoms with Gasteiger partial charge >= 0.3 is 0 Å². The molecule has 0 radical (unpaired) electrons. The van der Waals surface area contributed by atoms with E-state index in [1.165, 1.54) is 16.7 Å². The van der Waals surface area contributed by atoms with E-state index in [0.717, 1.165) is 5.56 Å². The third-order valence-electron chi connectivity index (χ3n) is 4.18. The molecule has 1 heterocycles. The number of thiocarbonyl (C=S) groups is 1. The van der Waals surface area contributed by atoms with Gasteiger partial charge in [0.1, 0.15) is 5.75 Å². The number of hydrogen-bond acceptors (Lipinski definition) is 7. The molecule has 29 heavy (non-hydrogen) atoms. The first-order chi connectivity index (χ1) is 14.0. The van der Waals surface area contributed by atoms with Gasteiger partial charge in [0.15, 0.2) is 15.8 Å². The van der Waals surface area contributed by atoms with Crippen LogP contribution >= 0.6 is 24.0 Å². The third kappa shape index (κ3) is 4.18. The van der Waals surface area contributed by atoms with Crippen molar-refractivity contribution in [1.29, 1.82) is 0 Å². The monoisotopic (exact) mass is 431 g/mol. The number of amides is 1. The molecule has 0 aromatic heterocycles. The van der Waals surface area contributed by atoms with Gasteiger partial charge in [-0.3, -0.25) is 9.69 Å². The van der Waals surface area contributed by atoms with Gasteiger partial charge < -0.3 is 18.9 Å². The predicted molar refractivity (Wildman–Crippen MR) is 119 cm³/mol. The number of methoxy groups -OCH3 is 3. The normalized spacial score (nSPS) is 15.0. The smallest absolute Gasteiger partial charge is 0.270 e. The summed E-state index contributed by atoms with van der Waals surface area (Å²) in [5, 5.41) is 0. The zero-order valence-electron chi connectivity index (χ0n) is 16.6. The standard InChI is InChI=1S/C21H21NO5S2/c1-5-27-15-9-7-6-8-14(15)22-20(23)18(29-21(22)28)12-13-10-16(24-2)19(26-4)17(11-13)25-3/h6-12H,5H2,1-4H3. The number of carbonyl (C=O) groups excluding carboxylic acids is 1. The van der Waals surface area contributed by atoms with Crippen molar-refractivity contribution in [2.45, 2.75) is 6.92 Å². The van der Waals surface area contributed by atoms with Crippen molar-refractivity contribution in [2.24, 2.45) is 0 Å². The van der Waals surface area contributed by atoms with Gasteiger partial charge in [-0.25, -0.2) is 0 Å². The molecule has 152 valence electrons. The Kier molecular flexibility index (Phi) is 6.66. The fourth-order valence-electron chi connectivity index (χ4n) is 2.93. The van der Waals surface area contributed by atoms with Crippen LogP contribution in [0.15, 0.2) is 41.3 Å². The lowest BCUT2D eigenvalue weighted by atomic mass is 10.1. The minimum absolute atomic E-state index is 0.207. The van der Waals surface area contributed by atoms with Crippen LogP contribution in [0.3, 0.4) is 0 Å². The van der Waals surface area contributed by atoms with E-state index in [0.29, 0.717) is 44.5 Å². The highest BCUT2D eigenvalue weighted by molar-refractivity contribution is 8.27. The Hall–Kier alpha value is -2.71. The molecule has 0 saturated carbocycles. The van der Waals surface area contributed by atoms with Gasteiger partial charge in [0, 0.05) is 0 Å². The Morgan fingerprint density at radius 3 is 2.28 bits per heavy atom. The minimum Gasteiger partial charge on any atom is -0.493 e. The number of nitrogens with zero attached hydrogens (tertiary/aromatic N) is 1. The lowest BCUT2D eigenvalue weighted by Crippen LogP contribution is -2.28. The number of benzene rings is 2. The van der Waals surface area contributed by atoms with Crippen molar-refractivity contribution < 1.29 is 23.7 Å². The Morgan fingerprint density at radius 1 is 1.03 bits per heavy atom. The summed E-state index contributed by atoms with van der Waals surface area (Å²) in [5.41, 5.74) is 1.36. The lowest BCUT2D eigenvalue weighted by molar-refractivity contribution is -0.113. The molecular weight excluding hydrogens is 410 g/mol. The second kappa shape index (κ2) is 9.19. The maximum atomic E-state index is 13.1. The van der Waals surface area contributed by atoms with Gasteiger partial charge in [0.2, 0.25) is 5.75 Å². The van der Waals surface area contributed by atoms with Crippen LogP contribution in [-0.4, -0.2) is 38.2 Å². The molecule has 0 aliphatic carbocycles. The molecule has 1 fully saturated rings. The summed E-state index contributed by atoms with van der Waals surface area (Å²) in [5.74, 6) is 1.91. The summed E-state index contributed by atoms with van der Waals surface area (Å²) in [7, 11) is 4.64. The van der Waals surface area contributed by atoms with Crippen molar-refractivity contribution in [3.63, 3.8) is 0 Å². The van der Waals surface area contributed by atoms with Crippen molar-refractivity contribution in [3.05, 3.63) is 46.9 Å². The Bertz CT molecular complexity index is 948. The molecule has 1 saturated heterocycles. The summed E-state index contributed by atoms with van der Waals surface area (Å²) in [6.45, 7) is 2.39. The number of carbonyl (C=O) groups is 1. The topological polar surface area (TPSA) is 57.2 Å². The molecule has 1 aliphatic rings. The van der Waals surface area contributed by atoms with Crippen molar-refractivity contribution in [2.75, 3.05) is 32.8 Å². The second-order valence-corrected chi connectivity index (χ2v) is 7.55. The molecule has 8 heteroatoms. The molecule has 6 nitrogen and oxygen atoms in total. The SMILES string of the molecule is CCOc1ccccc1N1C(=O)C(=Cc2cc(OC)c(OC)c(OC)c2)SC1=S. The zero-order chi connectivity index (χ0) is 21.0. The van der Waals surface area contributed by atoms with E-state index < -0.39 is 0 Å². The van der Waals surface area contributed by atoms with Crippen LogP contribution in [0.5, 0.6) is 23.0 Å². The molecule has 0 atom stereocenters. The van der Waals surface area contributed by atoms with Crippen LogP contribution in [0.2, 0.25) is 0 Å². The van der Waals surface area contributed by atoms with Crippen LogP contribution in [-0.2, 0) is 4.79 Å². The van der Waals surface area contributed by atoms with Crippen molar-refractivity contribution in [1.82, 2.24) is 0 Å². The predicted octanol–water partition coefficient (Wildman–Crippen LogP) is 4.52. The van der Waals surface area contributed by atoms with E-state index in [4.69, 9.17) is 31.2 Å². The van der Waals surface area contributed by atoms with Crippen LogP contribution in [0, 0.1) is 0 Å². The fraction of sp³-hybridized carbons (Fsp3) is 0.238. The summed E-state index contributed by atoms with van der Waals surface area (Å²) in [4.78, 5) is 15.1. The zero-order valence-corrected chi connectivity index (χ0v) is 18.2. The molecule has 0 bridgehead atoms. The van der Waals surface area contributed by atoms with Gasteiger partial charge in [0.25, 0.3) is 5.91 Å². The average Bonchev–Trinajstić information content (AvgIpc) is 3.00. The first-order valence-corrected chi connectivity index (χ1v) is 10.1. The van der Waals surface area contributed by atoms with Crippen LogP contribution < -0.4 is 23.8 Å². The lowest BCUT2D eigenvalue weighted by Gasteiger charge is -2.18. The average molecular weight is 432 g/mol. The van der Waals surface area contributed by atoms with Gasteiger partial charge in [-0.05, 0) is 42.8 Å². The fourth-order valence-corrected chi connectivity index (χ4v) is 4.22. The Balaban J connectivity index is 1.99. The van der Waals surface area contributed by atoms with E-state index in [1.54, 1.807) is 39.5 Å². The number of hydrogen-bond donors (Lipinski definition) is 0. The highest BCUT2D eigenvalue weighted by Crippen LogP contribution is 2.42. The van der Waals surface area contributed by atoms with E-state index in [9.17, 15) is 4.79 Å². The summed E-state index contributed by atoms with van der Waals surface area (Å²) in [6.07, 6.45) is 1.76. The molecule has 0 spiro atoms. The number of anilines is 1. The Labute approximate surface area is 179 Å². The van der Waals surface area contributed by atoms with E-state index in [1.807, 2.05) is 31.2 Å². The molecule has 2 aromatic rings. The van der Waals surface area contributed by atoms with Crippen LogP contribution in [0.1, 0.15) is 12.5 Å². The number of ether oxygens (including phenoxy) is 4. The van der Waals surface area contributed by atoms with E-state index in [2.05, 4.69) is 0 Å². The molecule has 2 aromatic carbocycles. The van der Waals surface area contributed by atoms with Gasteiger partial charge in [-0.15, -0.1) is 0 Å². The number of thioether (sulfide) groups is 1. The van der Waals surface area contributed by atoms with E-state index in [-0.39, 0.29) is 5.91 Å². The summed E-state index contributed by atoms with van der Waals surface area (Å²) in [6, 6.07) is 10.9. The highest BCUT2D eigenvalue weighted by Gasteiger charge is 2.35. The molecule has 3 rings (SSSR count). The van der Waals surface area contributed by atoms with Gasteiger partial charge in [0.05, 0.1) is 38.5 Å². The third-order valence-corrected chi connectivity index (χ3v) is 5.49. The maximum Gasteiger partial charge on any atom is 0.270 e. The second-order valence-electron chi connectivity index (χ2n) is 5.88. The first-order valence-electron chi connectivity index (χ1n) is 8.83. The van der Waals surface area contributed by atoms with Gasteiger partial charge in [-0.2, -0.15) is 0 Å². The maximum absolute atomic E-state index is 13.1. The molecule has 0 unspecified atom stereocenters. The molecule has 0 N–H and O–H groups in total. The van der Waals surface area contributed by atoms with E-state index >= 15 is 0 Å². The number of para-hydroxylation sites is 2. The highest BCUT2D eigenvalue weighted by atomic mass is 32.2. The quantitative estimate of drug-likeness (QED) is 0.472. The minimum atomic E-state index is -0.207.